The summed E-state index contributed by atoms with van der Waals surface area (Å²) in [5, 5.41) is 0.629. The zero-order valence-electron chi connectivity index (χ0n) is 10.1. The molecule has 0 aliphatic rings. The number of nitrogens with zero attached hydrogens (tertiary/aromatic N) is 2. The number of aryl methyl sites for hydroxylation is 1. The summed E-state index contributed by atoms with van der Waals surface area (Å²) in [7, 11) is 1.61. The summed E-state index contributed by atoms with van der Waals surface area (Å²) in [4.78, 5) is 8.23. The van der Waals surface area contributed by atoms with E-state index in [2.05, 4.69) is 15.4 Å². The van der Waals surface area contributed by atoms with E-state index in [1.165, 1.54) is 0 Å². The predicted octanol–water partition coefficient (Wildman–Crippen LogP) is 2.40. The van der Waals surface area contributed by atoms with Crippen LogP contribution >= 0.6 is 11.6 Å². The molecule has 0 saturated heterocycles. The quantitative estimate of drug-likeness (QED) is 0.658. The van der Waals surface area contributed by atoms with E-state index in [9.17, 15) is 0 Å². The van der Waals surface area contributed by atoms with Gasteiger partial charge in [0, 0.05) is 16.8 Å². The molecular weight excluding hydrogens is 252 g/mol. The number of nitrogen functional groups attached to an aromatic ring is 1. The van der Waals surface area contributed by atoms with Crippen molar-refractivity contribution < 1.29 is 4.74 Å². The van der Waals surface area contributed by atoms with Crippen molar-refractivity contribution >= 4 is 17.5 Å². The van der Waals surface area contributed by atoms with E-state index in [0.717, 1.165) is 16.9 Å². The van der Waals surface area contributed by atoms with E-state index in [0.29, 0.717) is 16.7 Å². The van der Waals surface area contributed by atoms with Crippen molar-refractivity contribution in [1.82, 2.24) is 9.97 Å². The molecule has 6 heteroatoms. The number of nitrogens with one attached hydrogen (secondary N) is 1. The third-order valence-corrected chi connectivity index (χ3v) is 2.72. The number of halogens is 1. The fourth-order valence-corrected chi connectivity index (χ4v) is 2.04. The third-order valence-electron chi connectivity index (χ3n) is 2.50. The molecule has 2 rings (SSSR count). The van der Waals surface area contributed by atoms with Crippen LogP contribution in [0.2, 0.25) is 5.02 Å². The predicted molar refractivity (Wildman–Crippen MR) is 71.6 cm³/mol. The van der Waals surface area contributed by atoms with Gasteiger partial charge in [-0.1, -0.05) is 11.6 Å². The smallest absolute Gasteiger partial charge is 0.237 e. The van der Waals surface area contributed by atoms with Crippen LogP contribution in [0, 0.1) is 6.92 Å². The van der Waals surface area contributed by atoms with Gasteiger partial charge in [0.15, 0.2) is 0 Å². The largest absolute Gasteiger partial charge is 0.496 e. The number of hydrogen-bond acceptors (Lipinski definition) is 5. The Morgan fingerprint density at radius 2 is 2.17 bits per heavy atom. The number of nitrogens with two attached hydrogens (primary N) is 1. The fraction of sp³-hybridized carbons (Fsp3) is 0.167. The Labute approximate surface area is 110 Å². The van der Waals surface area contributed by atoms with Crippen molar-refractivity contribution in [1.29, 1.82) is 0 Å². The highest BCUT2D eigenvalue weighted by molar-refractivity contribution is 6.31. The Kier molecular flexibility index (Phi) is 3.64. The molecule has 2 aromatic rings. The van der Waals surface area contributed by atoms with Crippen LogP contribution in [0.1, 0.15) is 5.56 Å². The van der Waals surface area contributed by atoms with Crippen molar-refractivity contribution in [3.8, 4) is 17.0 Å². The minimum Gasteiger partial charge on any atom is -0.496 e. The fourth-order valence-electron chi connectivity index (χ4n) is 1.77. The zero-order valence-corrected chi connectivity index (χ0v) is 10.8. The van der Waals surface area contributed by atoms with Gasteiger partial charge in [0.05, 0.1) is 12.8 Å². The van der Waals surface area contributed by atoms with E-state index in [1.54, 1.807) is 25.4 Å². The van der Waals surface area contributed by atoms with Crippen molar-refractivity contribution in [2.24, 2.45) is 5.84 Å². The number of hydrogen-bond donors (Lipinski definition) is 2. The Morgan fingerprint density at radius 1 is 1.39 bits per heavy atom. The summed E-state index contributed by atoms with van der Waals surface area (Å²) >= 11 is 6.06. The van der Waals surface area contributed by atoms with Crippen LogP contribution in [-0.2, 0) is 0 Å². The van der Waals surface area contributed by atoms with Crippen LogP contribution in [0.3, 0.4) is 0 Å². The molecule has 0 amide bonds. The highest BCUT2D eigenvalue weighted by Crippen LogP contribution is 2.34. The molecule has 0 aliphatic carbocycles. The maximum Gasteiger partial charge on any atom is 0.237 e. The van der Waals surface area contributed by atoms with Gasteiger partial charge in [-0.25, -0.2) is 15.8 Å². The second-order valence-corrected chi connectivity index (χ2v) is 4.15. The minimum absolute atomic E-state index is 0.340. The zero-order chi connectivity index (χ0) is 13.1. The molecule has 1 heterocycles. The van der Waals surface area contributed by atoms with E-state index in [1.807, 2.05) is 13.0 Å². The maximum absolute atomic E-state index is 6.06. The number of methoxy groups -OCH3 is 1. The standard InChI is InChI=1S/C12H13ClN4O/c1-7-5-8(13)6-9(11(7)18-2)10-3-4-15-12(16-10)17-14/h3-6H,14H2,1-2H3,(H,15,16,17). The van der Waals surface area contributed by atoms with Crippen LogP contribution in [0.15, 0.2) is 24.4 Å². The molecule has 0 aliphatic heterocycles. The second kappa shape index (κ2) is 5.20. The molecule has 0 spiro atoms. The Hall–Kier alpha value is -1.85. The van der Waals surface area contributed by atoms with E-state index in [-0.39, 0.29) is 0 Å². The normalized spacial score (nSPS) is 10.2. The molecule has 94 valence electrons. The monoisotopic (exact) mass is 264 g/mol. The first-order valence-electron chi connectivity index (χ1n) is 5.30. The Bertz CT molecular complexity index is 574. The highest BCUT2D eigenvalue weighted by Gasteiger charge is 2.12. The van der Waals surface area contributed by atoms with Crippen LogP contribution in [0.4, 0.5) is 5.95 Å². The van der Waals surface area contributed by atoms with Crippen molar-refractivity contribution in [2.75, 3.05) is 12.5 Å². The number of benzene rings is 1. The number of rotatable bonds is 3. The molecule has 0 unspecified atom stereocenters. The van der Waals surface area contributed by atoms with Gasteiger partial charge in [-0.15, -0.1) is 0 Å². The molecule has 1 aromatic heterocycles. The van der Waals surface area contributed by atoms with E-state index >= 15 is 0 Å². The summed E-state index contributed by atoms with van der Waals surface area (Å²) in [5.74, 6) is 6.37. The SMILES string of the molecule is COc1c(C)cc(Cl)cc1-c1ccnc(NN)n1. The number of anilines is 1. The van der Waals surface area contributed by atoms with Gasteiger partial charge in [-0.05, 0) is 30.7 Å². The first-order valence-corrected chi connectivity index (χ1v) is 5.67. The molecular formula is C12H13ClN4O. The number of ether oxygens (including phenoxy) is 1. The van der Waals surface area contributed by atoms with Crippen molar-refractivity contribution in [3.05, 3.63) is 35.0 Å². The molecule has 0 saturated carbocycles. The summed E-state index contributed by atoms with van der Waals surface area (Å²) < 4.78 is 5.39. The van der Waals surface area contributed by atoms with Crippen molar-refractivity contribution in [3.63, 3.8) is 0 Å². The lowest BCUT2D eigenvalue weighted by Crippen LogP contribution is -2.10. The van der Waals surface area contributed by atoms with Gasteiger partial charge in [0.25, 0.3) is 0 Å². The molecule has 0 fully saturated rings. The molecule has 3 N–H and O–H groups in total. The lowest BCUT2D eigenvalue weighted by molar-refractivity contribution is 0.413. The van der Waals surface area contributed by atoms with Gasteiger partial charge < -0.3 is 4.74 Å². The number of aromatic nitrogens is 2. The highest BCUT2D eigenvalue weighted by atomic mass is 35.5. The lowest BCUT2D eigenvalue weighted by Gasteiger charge is -2.12. The number of hydrazine groups is 1. The molecule has 1 aromatic carbocycles. The second-order valence-electron chi connectivity index (χ2n) is 3.71. The lowest BCUT2D eigenvalue weighted by atomic mass is 10.1. The summed E-state index contributed by atoms with van der Waals surface area (Å²) in [6.07, 6.45) is 1.62. The van der Waals surface area contributed by atoms with Gasteiger partial charge in [-0.3, -0.25) is 5.43 Å². The maximum atomic E-state index is 6.06. The topological polar surface area (TPSA) is 73.1 Å². The summed E-state index contributed by atoms with van der Waals surface area (Å²) in [5.41, 5.74) is 4.85. The summed E-state index contributed by atoms with van der Waals surface area (Å²) in [6, 6.07) is 5.41. The average Bonchev–Trinajstić information content (AvgIpc) is 2.38. The Balaban J connectivity index is 2.61. The van der Waals surface area contributed by atoms with Gasteiger partial charge in [0.2, 0.25) is 5.95 Å². The van der Waals surface area contributed by atoms with Crippen LogP contribution in [-0.4, -0.2) is 17.1 Å². The molecule has 0 atom stereocenters. The van der Waals surface area contributed by atoms with Crippen LogP contribution in [0.5, 0.6) is 5.75 Å². The first-order chi connectivity index (χ1) is 8.65. The van der Waals surface area contributed by atoms with Gasteiger partial charge >= 0.3 is 0 Å². The first kappa shape index (κ1) is 12.6. The minimum atomic E-state index is 0.340. The van der Waals surface area contributed by atoms with Crippen LogP contribution in [0.25, 0.3) is 11.3 Å². The van der Waals surface area contributed by atoms with Crippen LogP contribution < -0.4 is 16.0 Å². The van der Waals surface area contributed by atoms with Crippen molar-refractivity contribution in [2.45, 2.75) is 6.92 Å². The van der Waals surface area contributed by atoms with E-state index < -0.39 is 0 Å². The summed E-state index contributed by atoms with van der Waals surface area (Å²) in [6.45, 7) is 1.93. The Morgan fingerprint density at radius 3 is 2.83 bits per heavy atom. The molecule has 18 heavy (non-hydrogen) atoms. The average molecular weight is 265 g/mol. The van der Waals surface area contributed by atoms with Gasteiger partial charge in [-0.2, -0.15) is 0 Å². The third kappa shape index (κ3) is 2.37. The molecule has 5 nitrogen and oxygen atoms in total. The van der Waals surface area contributed by atoms with E-state index in [4.69, 9.17) is 22.2 Å². The van der Waals surface area contributed by atoms with Gasteiger partial charge in [0.1, 0.15) is 5.75 Å². The molecule has 0 radical (unpaired) electrons. The molecule has 0 bridgehead atoms.